The summed E-state index contributed by atoms with van der Waals surface area (Å²) in [5, 5.41) is 1.43. The van der Waals surface area contributed by atoms with Gasteiger partial charge in [0, 0.05) is 41.8 Å². The Balaban J connectivity index is 0.00000233. The van der Waals surface area contributed by atoms with E-state index in [0.29, 0.717) is 11.2 Å². The number of piperidine rings is 1. The van der Waals surface area contributed by atoms with Gasteiger partial charge in [-0.3, -0.25) is 4.79 Å². The van der Waals surface area contributed by atoms with Crippen LogP contribution >= 0.6 is 23.4 Å². The van der Waals surface area contributed by atoms with Crippen LogP contribution in [0.1, 0.15) is 65.2 Å². The lowest BCUT2D eigenvalue weighted by atomic mass is 9.98. The van der Waals surface area contributed by atoms with E-state index in [1.165, 1.54) is 25.7 Å². The highest BCUT2D eigenvalue weighted by Gasteiger charge is 2.26. The van der Waals surface area contributed by atoms with Crippen molar-refractivity contribution < 1.29 is 14.3 Å². The Kier molecular flexibility index (Phi) is 15.0. The minimum Gasteiger partial charge on any atom is -0.384 e. The van der Waals surface area contributed by atoms with Crippen LogP contribution in [0.2, 0.25) is 0 Å². The summed E-state index contributed by atoms with van der Waals surface area (Å²) in [5.74, 6) is 1.37. The van der Waals surface area contributed by atoms with Crippen molar-refractivity contribution >= 4 is 36.1 Å². The highest BCUT2D eigenvalue weighted by molar-refractivity contribution is 8.00. The number of carbonyl (C=O) groups excluding carboxylic acids is 2. The van der Waals surface area contributed by atoms with Crippen LogP contribution in [-0.2, 0) is 14.3 Å². The zero-order chi connectivity index (χ0) is 23.1. The number of unbranched alkanes of at least 4 members (excludes halogenated alkanes) is 2. The van der Waals surface area contributed by atoms with Gasteiger partial charge in [-0.15, -0.1) is 0 Å². The Hall–Kier alpha value is -1.04. The van der Waals surface area contributed by atoms with Gasteiger partial charge in [-0.25, -0.2) is 0 Å². The lowest BCUT2D eigenvalue weighted by molar-refractivity contribution is -0.129. The number of allylic oxidation sites excluding steroid dienone is 5. The number of thioether (sulfide) groups is 1. The third-order valence-corrected chi connectivity index (χ3v) is 7.38. The minimum atomic E-state index is 0.176. The van der Waals surface area contributed by atoms with Gasteiger partial charge in [-0.1, -0.05) is 56.9 Å². The average molecular weight is 470 g/mol. The van der Waals surface area contributed by atoms with Crippen molar-refractivity contribution in [1.82, 2.24) is 4.90 Å². The van der Waals surface area contributed by atoms with Crippen LogP contribution in [-0.4, -0.2) is 55.4 Å². The number of rotatable bonds is 11. The molecule has 0 aromatic carbocycles. The number of amides is 1. The molecule has 2 atom stereocenters. The third-order valence-electron chi connectivity index (χ3n) is 5.69. The standard InChI is InChI=1S/C24H38ClNO2S.CH2O/c1-4-5-6-10-19(2)29-18-22(15-21-12-7-8-13-23(21)25)24(27)26-14-9-11-20(16-26)17-28-3;1-2/h7,12,15,19-20H,4-6,8-11,13-14,16-18H2,1-3H3;1H2/b22-15+;. The van der Waals surface area contributed by atoms with Crippen molar-refractivity contribution in [3.8, 4) is 0 Å². The molecule has 0 aromatic heterocycles. The highest BCUT2D eigenvalue weighted by Crippen LogP contribution is 2.28. The van der Waals surface area contributed by atoms with Crippen LogP contribution in [0, 0.1) is 5.92 Å². The molecule has 1 amide bonds. The number of hydrogen-bond donors (Lipinski definition) is 0. The first-order valence-electron chi connectivity index (χ1n) is 11.5. The van der Waals surface area contributed by atoms with E-state index in [0.717, 1.165) is 67.3 Å². The maximum absolute atomic E-state index is 13.4. The molecule has 1 saturated heterocycles. The molecular weight excluding hydrogens is 430 g/mol. The second-order valence-corrected chi connectivity index (χ2v) is 10.2. The predicted octanol–water partition coefficient (Wildman–Crippen LogP) is 6.16. The number of carbonyl (C=O) groups is 2. The average Bonchev–Trinajstić information content (AvgIpc) is 2.79. The quantitative estimate of drug-likeness (QED) is 0.268. The van der Waals surface area contributed by atoms with E-state index in [2.05, 4.69) is 26.0 Å². The lowest BCUT2D eigenvalue weighted by Crippen LogP contribution is -2.42. The summed E-state index contributed by atoms with van der Waals surface area (Å²) >= 11 is 8.36. The summed E-state index contributed by atoms with van der Waals surface area (Å²) in [4.78, 5) is 23.4. The molecule has 0 saturated carbocycles. The summed E-state index contributed by atoms with van der Waals surface area (Å²) in [6.45, 7) is 8.89. The number of ether oxygens (including phenoxy) is 1. The molecule has 2 aliphatic rings. The Bertz CT molecular complexity index is 630. The van der Waals surface area contributed by atoms with Gasteiger partial charge >= 0.3 is 0 Å². The minimum absolute atomic E-state index is 0.176. The molecular formula is C25H40ClNO3S. The summed E-state index contributed by atoms with van der Waals surface area (Å²) in [6.07, 6.45) is 15.3. The number of hydrogen-bond acceptors (Lipinski definition) is 4. The van der Waals surface area contributed by atoms with E-state index in [-0.39, 0.29) is 5.91 Å². The second-order valence-electron chi connectivity index (χ2n) is 8.30. The molecule has 0 spiro atoms. The van der Waals surface area contributed by atoms with Crippen molar-refractivity contribution in [2.75, 3.05) is 32.6 Å². The van der Waals surface area contributed by atoms with E-state index >= 15 is 0 Å². The Morgan fingerprint density at radius 2 is 2.19 bits per heavy atom. The molecule has 31 heavy (non-hydrogen) atoms. The van der Waals surface area contributed by atoms with Gasteiger partial charge in [-0.05, 0) is 49.7 Å². The molecule has 0 aromatic rings. The van der Waals surface area contributed by atoms with E-state index in [1.807, 2.05) is 29.5 Å². The topological polar surface area (TPSA) is 46.6 Å². The maximum atomic E-state index is 13.4. The summed E-state index contributed by atoms with van der Waals surface area (Å²) in [6, 6.07) is 0. The fourth-order valence-corrected chi connectivity index (χ4v) is 5.19. The van der Waals surface area contributed by atoms with E-state index in [4.69, 9.17) is 21.1 Å². The van der Waals surface area contributed by atoms with E-state index in [9.17, 15) is 4.79 Å². The van der Waals surface area contributed by atoms with Gasteiger partial charge < -0.3 is 14.4 Å². The van der Waals surface area contributed by atoms with Crippen LogP contribution in [0.15, 0.2) is 34.4 Å². The number of halogens is 1. The third kappa shape index (κ3) is 10.4. The largest absolute Gasteiger partial charge is 0.384 e. The molecule has 0 radical (unpaired) electrons. The van der Waals surface area contributed by atoms with Gasteiger partial charge in [0.05, 0.1) is 6.61 Å². The van der Waals surface area contributed by atoms with Crippen molar-refractivity contribution in [2.45, 2.75) is 70.5 Å². The predicted molar refractivity (Wildman–Crippen MR) is 134 cm³/mol. The Morgan fingerprint density at radius 3 is 2.87 bits per heavy atom. The summed E-state index contributed by atoms with van der Waals surface area (Å²) in [5.41, 5.74) is 1.89. The molecule has 1 aliphatic heterocycles. The van der Waals surface area contributed by atoms with Crippen LogP contribution in [0.25, 0.3) is 0 Å². The van der Waals surface area contributed by atoms with Crippen molar-refractivity contribution in [2.24, 2.45) is 5.92 Å². The highest BCUT2D eigenvalue weighted by atomic mass is 35.5. The first kappa shape index (κ1) is 28.0. The molecule has 1 aliphatic carbocycles. The van der Waals surface area contributed by atoms with Crippen LogP contribution in [0.3, 0.4) is 0 Å². The smallest absolute Gasteiger partial charge is 0.250 e. The molecule has 0 bridgehead atoms. The monoisotopic (exact) mass is 469 g/mol. The Labute approximate surface area is 198 Å². The molecule has 1 fully saturated rings. The zero-order valence-corrected chi connectivity index (χ0v) is 21.1. The molecule has 1 heterocycles. The van der Waals surface area contributed by atoms with Crippen molar-refractivity contribution in [1.29, 1.82) is 0 Å². The van der Waals surface area contributed by atoms with Crippen molar-refractivity contribution in [3.63, 3.8) is 0 Å². The molecule has 2 unspecified atom stereocenters. The molecule has 2 rings (SSSR count). The molecule has 0 N–H and O–H groups in total. The van der Waals surface area contributed by atoms with Gasteiger partial charge in [0.2, 0.25) is 0 Å². The zero-order valence-electron chi connectivity index (χ0n) is 19.5. The normalized spacial score (nSPS) is 20.3. The maximum Gasteiger partial charge on any atom is 0.250 e. The second kappa shape index (κ2) is 16.6. The fraction of sp³-hybridized carbons (Fsp3) is 0.680. The molecule has 4 nitrogen and oxygen atoms in total. The number of methoxy groups -OCH3 is 1. The van der Waals surface area contributed by atoms with Gasteiger partial charge in [0.1, 0.15) is 6.79 Å². The van der Waals surface area contributed by atoms with Crippen LogP contribution in [0.5, 0.6) is 0 Å². The van der Waals surface area contributed by atoms with Gasteiger partial charge in [-0.2, -0.15) is 11.8 Å². The van der Waals surface area contributed by atoms with E-state index < -0.39 is 0 Å². The van der Waals surface area contributed by atoms with Gasteiger partial charge in [0.25, 0.3) is 5.91 Å². The summed E-state index contributed by atoms with van der Waals surface area (Å²) in [7, 11) is 1.74. The first-order chi connectivity index (χ1) is 15.0. The summed E-state index contributed by atoms with van der Waals surface area (Å²) < 4.78 is 5.34. The molecule has 176 valence electrons. The first-order valence-corrected chi connectivity index (χ1v) is 12.9. The lowest BCUT2D eigenvalue weighted by Gasteiger charge is -2.33. The molecule has 6 heteroatoms. The number of likely N-dealkylation sites (tertiary alicyclic amines) is 1. The van der Waals surface area contributed by atoms with Crippen LogP contribution in [0.4, 0.5) is 0 Å². The Morgan fingerprint density at radius 1 is 1.42 bits per heavy atom. The van der Waals surface area contributed by atoms with Crippen molar-refractivity contribution in [3.05, 3.63) is 34.4 Å². The number of nitrogens with zero attached hydrogens (tertiary/aromatic N) is 1. The van der Waals surface area contributed by atoms with E-state index in [1.54, 1.807) is 7.11 Å². The van der Waals surface area contributed by atoms with Crippen LogP contribution < -0.4 is 0 Å². The fourth-order valence-electron chi connectivity index (χ4n) is 3.96. The van der Waals surface area contributed by atoms with Gasteiger partial charge in [0.15, 0.2) is 0 Å². The SMILES string of the molecule is C=O.CCCCCC(C)SC/C(=C\C1=C(Cl)CCC=C1)C(=O)N1CCCC(COC)C1.